The molecule has 0 saturated carbocycles. The number of phosphoric ester groups is 1. The van der Waals surface area contributed by atoms with Crippen molar-refractivity contribution in [3.63, 3.8) is 0 Å². The molecule has 0 aliphatic heterocycles. The third-order valence-corrected chi connectivity index (χ3v) is 9.99. The molecular formula is C48H83NO9P+. The summed E-state index contributed by atoms with van der Waals surface area (Å²) in [6, 6.07) is 0. The number of rotatable bonds is 39. The largest absolute Gasteiger partial charge is 0.472 e. The number of nitrogens with zero attached hydrogens (tertiary/aromatic N) is 1. The minimum Gasteiger partial charge on any atom is -0.462 e. The summed E-state index contributed by atoms with van der Waals surface area (Å²) in [6.45, 7) is 4.14. The van der Waals surface area contributed by atoms with Gasteiger partial charge in [-0.2, -0.15) is 0 Å². The van der Waals surface area contributed by atoms with Gasteiger partial charge < -0.3 is 24.0 Å². The van der Waals surface area contributed by atoms with Crippen LogP contribution in [0.4, 0.5) is 0 Å². The number of hydrogen-bond donors (Lipinski definition) is 2. The number of phosphoric acid groups is 1. The van der Waals surface area contributed by atoms with Crippen LogP contribution in [0.3, 0.4) is 0 Å². The van der Waals surface area contributed by atoms with E-state index in [1.165, 1.54) is 25.7 Å². The van der Waals surface area contributed by atoms with Gasteiger partial charge in [-0.15, -0.1) is 0 Å². The fourth-order valence-corrected chi connectivity index (χ4v) is 6.16. The van der Waals surface area contributed by atoms with Crippen molar-refractivity contribution >= 4 is 19.8 Å². The Morgan fingerprint density at radius 2 is 1.14 bits per heavy atom. The van der Waals surface area contributed by atoms with Crippen LogP contribution in [-0.2, 0) is 32.7 Å². The van der Waals surface area contributed by atoms with Gasteiger partial charge in [-0.05, 0) is 77.0 Å². The third kappa shape index (κ3) is 43.1. The van der Waals surface area contributed by atoms with E-state index in [4.69, 9.17) is 18.5 Å². The highest BCUT2D eigenvalue weighted by molar-refractivity contribution is 7.47. The first-order chi connectivity index (χ1) is 28.4. The Morgan fingerprint density at radius 1 is 0.610 bits per heavy atom. The van der Waals surface area contributed by atoms with Crippen molar-refractivity contribution in [2.75, 3.05) is 47.5 Å². The van der Waals surface area contributed by atoms with Gasteiger partial charge in [0.05, 0.1) is 33.9 Å². The van der Waals surface area contributed by atoms with Crippen LogP contribution < -0.4 is 0 Å². The molecule has 11 heteroatoms. The average molecular weight is 849 g/mol. The summed E-state index contributed by atoms with van der Waals surface area (Å²) in [4.78, 5) is 35.4. The Labute approximate surface area is 359 Å². The molecule has 0 heterocycles. The zero-order valence-corrected chi connectivity index (χ0v) is 38.5. The first kappa shape index (κ1) is 56.1. The lowest BCUT2D eigenvalue weighted by Gasteiger charge is -2.24. The normalized spacial score (nSPS) is 14.9. The van der Waals surface area contributed by atoms with Gasteiger partial charge in [-0.3, -0.25) is 18.6 Å². The topological polar surface area (TPSA) is 129 Å². The molecule has 1 unspecified atom stereocenters. The summed E-state index contributed by atoms with van der Waals surface area (Å²) in [5.41, 5.74) is 0. The maximum Gasteiger partial charge on any atom is 0.472 e. The van der Waals surface area contributed by atoms with Crippen molar-refractivity contribution in [2.24, 2.45) is 0 Å². The Kier molecular flexibility index (Phi) is 37.4. The number of ether oxygens (including phenoxy) is 2. The van der Waals surface area contributed by atoms with Gasteiger partial charge in [-0.25, -0.2) is 4.57 Å². The van der Waals surface area contributed by atoms with Gasteiger partial charge in [-0.1, -0.05) is 144 Å². The van der Waals surface area contributed by atoms with Crippen molar-refractivity contribution < 1.29 is 47.2 Å². The van der Waals surface area contributed by atoms with Crippen molar-refractivity contribution in [2.45, 2.75) is 161 Å². The summed E-state index contributed by atoms with van der Waals surface area (Å²) in [5.74, 6) is -0.925. The maximum absolute atomic E-state index is 12.7. The van der Waals surface area contributed by atoms with E-state index in [2.05, 4.69) is 62.5 Å². The fourth-order valence-electron chi connectivity index (χ4n) is 5.42. The van der Waals surface area contributed by atoms with E-state index in [1.54, 1.807) is 0 Å². The van der Waals surface area contributed by atoms with E-state index in [0.29, 0.717) is 30.3 Å². The molecule has 0 rings (SSSR count). The summed E-state index contributed by atoms with van der Waals surface area (Å²) in [7, 11) is 1.39. The second-order valence-corrected chi connectivity index (χ2v) is 17.4. The minimum atomic E-state index is -4.41. The van der Waals surface area contributed by atoms with Gasteiger partial charge in [0.25, 0.3) is 0 Å². The summed E-state index contributed by atoms with van der Waals surface area (Å²) in [5, 5.41) is 9.91. The standard InChI is InChI=1S/C48H82NO9P/c1-6-8-10-11-12-13-14-15-16-17-18-19-22-26-29-32-36-40-48(52)58-46(44-57-59(53,54)56-42-41-49(3,4)5)43-55-47(51)39-35-31-28-25-23-20-21-24-27-30-34-38-45(50)37-33-9-7-2/h12-13,15-16,18-21,25,27-28,30,34,38,45-46,50H,6-11,14,17,22-24,26,29,31-33,35-37,39-44H2,1-5H3/p+1/b13-12-,16-15-,19-18-,21-20-,28-25-,30-27-,38-34+/t45-,46-/m1/s1. The highest BCUT2D eigenvalue weighted by Crippen LogP contribution is 2.43. The molecule has 0 fully saturated rings. The zero-order valence-electron chi connectivity index (χ0n) is 37.6. The van der Waals surface area contributed by atoms with Crippen molar-refractivity contribution in [1.82, 2.24) is 0 Å². The predicted octanol–water partition coefficient (Wildman–Crippen LogP) is 11.8. The van der Waals surface area contributed by atoms with E-state index in [1.807, 2.05) is 57.6 Å². The Morgan fingerprint density at radius 3 is 1.75 bits per heavy atom. The first-order valence-corrected chi connectivity index (χ1v) is 23.9. The number of unbranched alkanes of at least 4 members (excludes halogenated alkanes) is 10. The SMILES string of the molecule is CCCCC/C=C\C/C=C\C/C=C\CCCCCCC(=O)O[C@H](COC(=O)CCC/C=C\C/C=C\C/C=C\C=C\[C@H](O)CCCCC)COP(=O)(O)OCC[N+](C)(C)C. The molecule has 10 nitrogen and oxygen atoms in total. The maximum atomic E-state index is 12.7. The number of aliphatic hydroxyl groups is 1. The summed E-state index contributed by atoms with van der Waals surface area (Å²) >= 11 is 0. The second-order valence-electron chi connectivity index (χ2n) is 15.9. The van der Waals surface area contributed by atoms with Crippen LogP contribution in [0.1, 0.15) is 149 Å². The van der Waals surface area contributed by atoms with Crippen LogP contribution in [0.5, 0.6) is 0 Å². The lowest BCUT2D eigenvalue weighted by atomic mass is 10.1. The van der Waals surface area contributed by atoms with Crippen LogP contribution in [-0.4, -0.2) is 86.1 Å². The molecule has 0 amide bonds. The zero-order chi connectivity index (χ0) is 43.7. The molecule has 0 aliphatic carbocycles. The van der Waals surface area contributed by atoms with E-state index in [0.717, 1.165) is 77.0 Å². The number of hydrogen-bond acceptors (Lipinski definition) is 8. The first-order valence-electron chi connectivity index (χ1n) is 22.4. The number of allylic oxidation sites excluding steroid dienone is 13. The minimum absolute atomic E-state index is 0.00632. The molecule has 0 aromatic carbocycles. The molecular weight excluding hydrogens is 766 g/mol. The van der Waals surface area contributed by atoms with Crippen molar-refractivity contribution in [3.8, 4) is 0 Å². The molecule has 0 bridgehead atoms. The van der Waals surface area contributed by atoms with Crippen LogP contribution >= 0.6 is 7.82 Å². The number of carbonyl (C=O) groups is 2. The number of esters is 2. The van der Waals surface area contributed by atoms with Crippen LogP contribution in [0.15, 0.2) is 85.1 Å². The third-order valence-electron chi connectivity index (χ3n) is 9.00. The van der Waals surface area contributed by atoms with Gasteiger partial charge >= 0.3 is 19.8 Å². The fraction of sp³-hybridized carbons (Fsp3) is 0.667. The quantitative estimate of drug-likeness (QED) is 0.0155. The highest BCUT2D eigenvalue weighted by atomic mass is 31.2. The van der Waals surface area contributed by atoms with Gasteiger partial charge in [0.1, 0.15) is 19.8 Å². The number of likely N-dealkylation sites (N-methyl/N-ethyl adjacent to an activating group) is 1. The van der Waals surface area contributed by atoms with Crippen LogP contribution in [0, 0.1) is 0 Å². The molecule has 59 heavy (non-hydrogen) atoms. The molecule has 0 spiro atoms. The van der Waals surface area contributed by atoms with E-state index in [9.17, 15) is 24.2 Å². The average Bonchev–Trinajstić information content (AvgIpc) is 3.18. The number of quaternary nitrogens is 1. The Bertz CT molecular complexity index is 1300. The van der Waals surface area contributed by atoms with Gasteiger partial charge in [0, 0.05) is 12.8 Å². The summed E-state index contributed by atoms with van der Waals surface area (Å²) < 4.78 is 34.2. The predicted molar refractivity (Wildman–Crippen MR) is 244 cm³/mol. The summed E-state index contributed by atoms with van der Waals surface area (Å²) in [6.07, 6.45) is 46.7. The molecule has 2 N–H and O–H groups in total. The molecule has 0 radical (unpaired) electrons. The Balaban J connectivity index is 4.55. The van der Waals surface area contributed by atoms with E-state index < -0.39 is 32.5 Å². The van der Waals surface area contributed by atoms with Crippen LogP contribution in [0.2, 0.25) is 0 Å². The molecule has 0 aromatic heterocycles. The molecule has 3 atom stereocenters. The van der Waals surface area contributed by atoms with Gasteiger partial charge in [0.15, 0.2) is 6.10 Å². The molecule has 0 aliphatic rings. The molecule has 0 saturated heterocycles. The highest BCUT2D eigenvalue weighted by Gasteiger charge is 2.27. The van der Waals surface area contributed by atoms with E-state index >= 15 is 0 Å². The lowest BCUT2D eigenvalue weighted by Crippen LogP contribution is -2.37. The molecule has 0 aromatic rings. The number of carbonyl (C=O) groups excluding carboxylic acids is 2. The van der Waals surface area contributed by atoms with Crippen LogP contribution in [0.25, 0.3) is 0 Å². The second kappa shape index (κ2) is 39.3. The molecule has 338 valence electrons. The van der Waals surface area contributed by atoms with Gasteiger partial charge in [0.2, 0.25) is 0 Å². The Hall–Kier alpha value is -2.85. The van der Waals surface area contributed by atoms with Crippen molar-refractivity contribution in [1.29, 1.82) is 0 Å². The lowest BCUT2D eigenvalue weighted by molar-refractivity contribution is -0.870. The van der Waals surface area contributed by atoms with Crippen molar-refractivity contribution in [3.05, 3.63) is 85.1 Å². The van der Waals surface area contributed by atoms with E-state index in [-0.39, 0.29) is 32.2 Å². The number of aliphatic hydroxyl groups excluding tert-OH is 1. The monoisotopic (exact) mass is 849 g/mol. The smallest absolute Gasteiger partial charge is 0.462 e.